The molecule has 0 radical (unpaired) electrons. The summed E-state index contributed by atoms with van der Waals surface area (Å²) in [7, 11) is 0. The van der Waals surface area contributed by atoms with Crippen molar-refractivity contribution < 1.29 is 8.78 Å². The van der Waals surface area contributed by atoms with E-state index in [4.69, 9.17) is 5.73 Å². The van der Waals surface area contributed by atoms with Crippen molar-refractivity contribution in [3.05, 3.63) is 52.3 Å². The van der Waals surface area contributed by atoms with Gasteiger partial charge in [-0.25, -0.2) is 8.78 Å². The molecule has 0 atom stereocenters. The lowest BCUT2D eigenvalue weighted by atomic mass is 10.1. The van der Waals surface area contributed by atoms with Crippen LogP contribution < -0.4 is 5.73 Å². The minimum atomic E-state index is -0.832. The average molecular weight is 279 g/mol. The normalized spacial score (nSPS) is 11.1. The standard InChI is InChI=1S/C15H19F2N3/c1-3-14-11(8-18)15(4-2)20(19-14)9-10-5-6-12(16)13(17)7-10/h5-7H,3-4,8-9,18H2,1-2H3. The molecule has 0 bridgehead atoms. The Kier molecular flexibility index (Phi) is 4.49. The van der Waals surface area contributed by atoms with E-state index in [0.29, 0.717) is 18.7 Å². The molecule has 0 fully saturated rings. The molecular weight excluding hydrogens is 260 g/mol. The Bertz CT molecular complexity index is 605. The van der Waals surface area contributed by atoms with Crippen LogP contribution in [0.5, 0.6) is 0 Å². The van der Waals surface area contributed by atoms with Crippen molar-refractivity contribution in [1.29, 1.82) is 0 Å². The van der Waals surface area contributed by atoms with E-state index in [9.17, 15) is 8.78 Å². The molecule has 108 valence electrons. The van der Waals surface area contributed by atoms with Gasteiger partial charge in [0.25, 0.3) is 0 Å². The number of aryl methyl sites for hydroxylation is 1. The molecule has 5 heteroatoms. The van der Waals surface area contributed by atoms with Crippen molar-refractivity contribution in [2.45, 2.75) is 39.8 Å². The maximum absolute atomic E-state index is 13.3. The summed E-state index contributed by atoms with van der Waals surface area (Å²) in [5.74, 6) is -1.66. The zero-order valence-electron chi connectivity index (χ0n) is 11.8. The number of benzene rings is 1. The topological polar surface area (TPSA) is 43.8 Å². The van der Waals surface area contributed by atoms with E-state index in [2.05, 4.69) is 5.10 Å². The van der Waals surface area contributed by atoms with Crippen LogP contribution >= 0.6 is 0 Å². The Morgan fingerprint density at radius 2 is 1.90 bits per heavy atom. The van der Waals surface area contributed by atoms with Crippen LogP contribution in [0.3, 0.4) is 0 Å². The molecule has 0 aliphatic heterocycles. The summed E-state index contributed by atoms with van der Waals surface area (Å²) in [6.07, 6.45) is 1.62. The molecule has 0 aliphatic carbocycles. The quantitative estimate of drug-likeness (QED) is 0.914. The second-order valence-electron chi connectivity index (χ2n) is 4.69. The van der Waals surface area contributed by atoms with E-state index in [0.717, 1.165) is 35.9 Å². The fourth-order valence-corrected chi connectivity index (χ4v) is 2.45. The molecule has 2 N–H and O–H groups in total. The first kappa shape index (κ1) is 14.7. The number of hydrogen-bond acceptors (Lipinski definition) is 2. The van der Waals surface area contributed by atoms with Crippen molar-refractivity contribution in [3.63, 3.8) is 0 Å². The Morgan fingerprint density at radius 1 is 1.15 bits per heavy atom. The minimum absolute atomic E-state index is 0.424. The molecule has 0 saturated heterocycles. The van der Waals surface area contributed by atoms with E-state index in [1.165, 1.54) is 6.07 Å². The SMILES string of the molecule is CCc1nn(Cc2ccc(F)c(F)c2)c(CC)c1CN. The molecule has 2 aromatic rings. The molecular formula is C15H19F2N3. The Morgan fingerprint density at radius 3 is 2.45 bits per heavy atom. The molecule has 1 aromatic carbocycles. The largest absolute Gasteiger partial charge is 0.326 e. The number of hydrogen-bond donors (Lipinski definition) is 1. The van der Waals surface area contributed by atoms with Gasteiger partial charge in [0, 0.05) is 17.8 Å². The van der Waals surface area contributed by atoms with Crippen LogP contribution in [0.4, 0.5) is 8.78 Å². The zero-order chi connectivity index (χ0) is 14.7. The highest BCUT2D eigenvalue weighted by Crippen LogP contribution is 2.18. The van der Waals surface area contributed by atoms with Crippen molar-refractivity contribution in [2.24, 2.45) is 5.73 Å². The summed E-state index contributed by atoms with van der Waals surface area (Å²) < 4.78 is 28.0. The van der Waals surface area contributed by atoms with Gasteiger partial charge in [0.05, 0.1) is 12.2 Å². The highest BCUT2D eigenvalue weighted by molar-refractivity contribution is 5.28. The number of aromatic nitrogens is 2. The second-order valence-corrected chi connectivity index (χ2v) is 4.69. The minimum Gasteiger partial charge on any atom is -0.326 e. The van der Waals surface area contributed by atoms with Crippen molar-refractivity contribution in [2.75, 3.05) is 0 Å². The first-order valence-electron chi connectivity index (χ1n) is 6.82. The maximum Gasteiger partial charge on any atom is 0.159 e. The third-order valence-corrected chi connectivity index (χ3v) is 3.44. The molecule has 0 aliphatic rings. The number of rotatable bonds is 5. The zero-order valence-corrected chi connectivity index (χ0v) is 11.8. The molecule has 0 unspecified atom stereocenters. The Hall–Kier alpha value is -1.75. The second kappa shape index (κ2) is 6.13. The molecule has 20 heavy (non-hydrogen) atoms. The first-order chi connectivity index (χ1) is 9.60. The molecule has 0 amide bonds. The lowest BCUT2D eigenvalue weighted by molar-refractivity contribution is 0.505. The molecule has 0 saturated carbocycles. The van der Waals surface area contributed by atoms with E-state index in [-0.39, 0.29) is 0 Å². The number of nitrogens with zero attached hydrogens (tertiary/aromatic N) is 2. The molecule has 3 nitrogen and oxygen atoms in total. The summed E-state index contributed by atoms with van der Waals surface area (Å²) in [5.41, 5.74) is 9.59. The lowest BCUT2D eigenvalue weighted by Gasteiger charge is -2.08. The van der Waals surface area contributed by atoms with Gasteiger partial charge in [0.2, 0.25) is 0 Å². The monoisotopic (exact) mass is 279 g/mol. The van der Waals surface area contributed by atoms with E-state index >= 15 is 0 Å². The molecule has 1 heterocycles. The summed E-state index contributed by atoms with van der Waals surface area (Å²) in [4.78, 5) is 0. The van der Waals surface area contributed by atoms with Gasteiger partial charge in [-0.2, -0.15) is 5.10 Å². The lowest BCUT2D eigenvalue weighted by Crippen LogP contribution is -2.08. The van der Waals surface area contributed by atoms with Crippen molar-refractivity contribution in [3.8, 4) is 0 Å². The van der Waals surface area contributed by atoms with Gasteiger partial charge in [0.1, 0.15) is 0 Å². The summed E-state index contributed by atoms with van der Waals surface area (Å²) in [6.45, 7) is 4.94. The van der Waals surface area contributed by atoms with Crippen LogP contribution in [0.2, 0.25) is 0 Å². The van der Waals surface area contributed by atoms with E-state index in [1.807, 2.05) is 18.5 Å². The predicted octanol–water partition coefficient (Wildman–Crippen LogP) is 2.79. The molecule has 1 aromatic heterocycles. The number of halogens is 2. The smallest absolute Gasteiger partial charge is 0.159 e. The summed E-state index contributed by atoms with van der Waals surface area (Å²) >= 11 is 0. The fourth-order valence-electron chi connectivity index (χ4n) is 2.45. The third kappa shape index (κ3) is 2.72. The van der Waals surface area contributed by atoms with Crippen LogP contribution in [0.25, 0.3) is 0 Å². The third-order valence-electron chi connectivity index (χ3n) is 3.44. The summed E-state index contributed by atoms with van der Waals surface area (Å²) in [5, 5.41) is 4.54. The first-order valence-corrected chi connectivity index (χ1v) is 6.82. The van der Waals surface area contributed by atoms with Crippen molar-refractivity contribution in [1.82, 2.24) is 9.78 Å². The number of nitrogens with two attached hydrogens (primary N) is 1. The fraction of sp³-hybridized carbons (Fsp3) is 0.400. The van der Waals surface area contributed by atoms with Gasteiger partial charge in [0.15, 0.2) is 11.6 Å². The highest BCUT2D eigenvalue weighted by Gasteiger charge is 2.14. The van der Waals surface area contributed by atoms with Crippen LogP contribution in [-0.2, 0) is 25.9 Å². The van der Waals surface area contributed by atoms with Gasteiger partial charge >= 0.3 is 0 Å². The van der Waals surface area contributed by atoms with Crippen LogP contribution in [-0.4, -0.2) is 9.78 Å². The van der Waals surface area contributed by atoms with Crippen LogP contribution in [0, 0.1) is 11.6 Å². The van der Waals surface area contributed by atoms with Crippen molar-refractivity contribution >= 4 is 0 Å². The average Bonchev–Trinajstić information content (AvgIpc) is 2.79. The van der Waals surface area contributed by atoms with E-state index < -0.39 is 11.6 Å². The van der Waals surface area contributed by atoms with Gasteiger partial charge < -0.3 is 5.73 Å². The van der Waals surface area contributed by atoms with Gasteiger partial charge in [-0.1, -0.05) is 19.9 Å². The van der Waals surface area contributed by atoms with E-state index in [1.54, 1.807) is 6.07 Å². The Labute approximate surface area is 117 Å². The van der Waals surface area contributed by atoms with Gasteiger partial charge in [-0.05, 0) is 30.5 Å². The van der Waals surface area contributed by atoms with Gasteiger partial charge in [-0.15, -0.1) is 0 Å². The van der Waals surface area contributed by atoms with Crippen LogP contribution in [0.15, 0.2) is 18.2 Å². The summed E-state index contributed by atoms with van der Waals surface area (Å²) in [6, 6.07) is 3.93. The van der Waals surface area contributed by atoms with Gasteiger partial charge in [-0.3, -0.25) is 4.68 Å². The predicted molar refractivity (Wildman–Crippen MR) is 74.3 cm³/mol. The highest BCUT2D eigenvalue weighted by atomic mass is 19.2. The van der Waals surface area contributed by atoms with Crippen LogP contribution in [0.1, 0.15) is 36.4 Å². The maximum atomic E-state index is 13.3. The molecule has 0 spiro atoms. The molecule has 2 rings (SSSR count). The Balaban J connectivity index is 2.37.